The molecule has 0 aromatic rings. The van der Waals surface area contributed by atoms with Gasteiger partial charge in [-0.1, -0.05) is 0 Å². The summed E-state index contributed by atoms with van der Waals surface area (Å²) >= 11 is 0. The van der Waals surface area contributed by atoms with Gasteiger partial charge in [-0.2, -0.15) is 0 Å². The molecule has 0 bridgehead atoms. The molecule has 0 fully saturated rings. The summed E-state index contributed by atoms with van der Waals surface area (Å²) < 4.78 is 19.4. The Kier molecular flexibility index (Phi) is 5.61. The maximum atomic E-state index is 10.8. The van der Waals surface area contributed by atoms with Crippen LogP contribution in [0.4, 0.5) is 0 Å². The molecule has 0 aliphatic carbocycles. The molecule has 0 aromatic heterocycles. The Morgan fingerprint density at radius 1 is 1.08 bits per heavy atom. The van der Waals surface area contributed by atoms with Gasteiger partial charge in [-0.15, -0.1) is 0 Å². The molecule has 0 rings (SSSR count). The summed E-state index contributed by atoms with van der Waals surface area (Å²) in [6, 6.07) is 0. The molecule has 78 valence electrons. The maximum Gasteiger partial charge on any atom is 0.305 e. The van der Waals surface area contributed by atoms with Crippen molar-refractivity contribution in [1.82, 2.24) is 0 Å². The Bertz CT molecular complexity index is 144. The molecule has 0 saturated heterocycles. The first-order valence-corrected chi connectivity index (χ1v) is 3.86. The molecule has 0 amide bonds. The van der Waals surface area contributed by atoms with Gasteiger partial charge in [-0.3, -0.25) is 4.79 Å². The van der Waals surface area contributed by atoms with E-state index in [2.05, 4.69) is 4.74 Å². The van der Waals surface area contributed by atoms with E-state index < -0.39 is 5.97 Å². The lowest BCUT2D eigenvalue weighted by Crippen LogP contribution is -2.36. The highest BCUT2D eigenvalue weighted by Gasteiger charge is 2.30. The lowest BCUT2D eigenvalue weighted by molar-refractivity contribution is -0.354. The van der Waals surface area contributed by atoms with Crippen LogP contribution in [-0.4, -0.2) is 40.4 Å². The number of methoxy groups -OCH3 is 4. The fourth-order valence-electron chi connectivity index (χ4n) is 0.913. The minimum absolute atomic E-state index is 0.187. The summed E-state index contributed by atoms with van der Waals surface area (Å²) in [7, 11) is 5.68. The molecule has 0 aliphatic rings. The van der Waals surface area contributed by atoms with Gasteiger partial charge in [-0.05, 0) is 0 Å². The number of esters is 1. The first-order chi connectivity index (χ1) is 6.14. The number of carbonyl (C=O) groups is 1. The highest BCUT2D eigenvalue weighted by Crippen LogP contribution is 2.19. The zero-order valence-corrected chi connectivity index (χ0v) is 8.46. The fraction of sp³-hybridized carbons (Fsp3) is 0.875. The molecule has 0 unspecified atom stereocenters. The second-order valence-electron chi connectivity index (χ2n) is 2.37. The average Bonchev–Trinajstić information content (AvgIpc) is 2.20. The van der Waals surface area contributed by atoms with Gasteiger partial charge >= 0.3 is 5.97 Å². The number of hydrogen-bond acceptors (Lipinski definition) is 5. The third-order valence-corrected chi connectivity index (χ3v) is 1.80. The Hall–Kier alpha value is -0.650. The molecule has 0 radical (unpaired) electrons. The lowest BCUT2D eigenvalue weighted by atomic mass is 10.2. The molecule has 5 nitrogen and oxygen atoms in total. The predicted molar refractivity (Wildman–Crippen MR) is 45.0 cm³/mol. The summed E-state index contributed by atoms with van der Waals surface area (Å²) in [6.07, 6.45) is 0.481. The zero-order valence-electron chi connectivity index (χ0n) is 8.46. The van der Waals surface area contributed by atoms with Crippen molar-refractivity contribution in [1.29, 1.82) is 0 Å². The molecule has 0 heterocycles. The topological polar surface area (TPSA) is 54.0 Å². The highest BCUT2D eigenvalue weighted by atomic mass is 16.9. The van der Waals surface area contributed by atoms with Crippen LogP contribution in [0.2, 0.25) is 0 Å². The summed E-state index contributed by atoms with van der Waals surface area (Å²) in [5.74, 6) is -1.47. The van der Waals surface area contributed by atoms with Crippen molar-refractivity contribution >= 4 is 5.97 Å². The molecule has 5 heteroatoms. The van der Waals surface area contributed by atoms with Gasteiger partial charge in [-0.25, -0.2) is 0 Å². The molecule has 0 atom stereocenters. The Morgan fingerprint density at radius 2 is 1.54 bits per heavy atom. The number of ether oxygens (including phenoxy) is 4. The smallest absolute Gasteiger partial charge is 0.305 e. The molecule has 0 aromatic carbocycles. The Morgan fingerprint density at radius 3 is 1.85 bits per heavy atom. The van der Waals surface area contributed by atoms with Crippen molar-refractivity contribution in [3.8, 4) is 0 Å². The van der Waals surface area contributed by atoms with Crippen LogP contribution in [0.15, 0.2) is 0 Å². The van der Waals surface area contributed by atoms with Crippen LogP contribution in [0.5, 0.6) is 0 Å². The van der Waals surface area contributed by atoms with Crippen molar-refractivity contribution in [2.45, 2.75) is 18.8 Å². The highest BCUT2D eigenvalue weighted by molar-refractivity contribution is 5.69. The van der Waals surface area contributed by atoms with E-state index >= 15 is 0 Å². The van der Waals surface area contributed by atoms with Crippen LogP contribution in [0.1, 0.15) is 12.8 Å². The van der Waals surface area contributed by atoms with Gasteiger partial charge in [0.25, 0.3) is 5.97 Å². The van der Waals surface area contributed by atoms with Crippen LogP contribution < -0.4 is 0 Å². The van der Waals surface area contributed by atoms with E-state index in [9.17, 15) is 4.79 Å². The van der Waals surface area contributed by atoms with Crippen molar-refractivity contribution in [2.75, 3.05) is 28.4 Å². The van der Waals surface area contributed by atoms with Gasteiger partial charge in [0.15, 0.2) is 0 Å². The summed E-state index contributed by atoms with van der Waals surface area (Å²) in [6.45, 7) is 0. The number of rotatable bonds is 6. The molecule has 0 spiro atoms. The van der Waals surface area contributed by atoms with Gasteiger partial charge in [0.1, 0.15) is 0 Å². The Balaban J connectivity index is 4.02. The van der Waals surface area contributed by atoms with Crippen molar-refractivity contribution in [3.63, 3.8) is 0 Å². The zero-order chi connectivity index (χ0) is 10.3. The minimum Gasteiger partial charge on any atom is -0.469 e. The predicted octanol–water partition coefficient (Wildman–Crippen LogP) is 0.533. The van der Waals surface area contributed by atoms with E-state index in [0.717, 1.165) is 0 Å². The Labute approximate surface area is 77.9 Å². The first-order valence-electron chi connectivity index (χ1n) is 3.86. The first kappa shape index (κ1) is 12.3. The van der Waals surface area contributed by atoms with Crippen molar-refractivity contribution in [3.05, 3.63) is 0 Å². The van der Waals surface area contributed by atoms with Crippen molar-refractivity contribution in [2.24, 2.45) is 0 Å². The van der Waals surface area contributed by atoms with Crippen LogP contribution in [-0.2, 0) is 23.7 Å². The standard InChI is InChI=1S/C8H16O5/c1-10-7(9)5-6-8(11-2,12-3)13-4/h5-6H2,1-4H3. The van der Waals surface area contributed by atoms with E-state index in [1.54, 1.807) is 0 Å². The number of carbonyl (C=O) groups excluding carboxylic acids is 1. The van der Waals surface area contributed by atoms with Gasteiger partial charge in [0, 0.05) is 27.8 Å². The largest absolute Gasteiger partial charge is 0.469 e. The van der Waals surface area contributed by atoms with Crippen LogP contribution in [0, 0.1) is 0 Å². The van der Waals surface area contributed by atoms with Crippen molar-refractivity contribution < 1.29 is 23.7 Å². The van der Waals surface area contributed by atoms with Crippen LogP contribution in [0.25, 0.3) is 0 Å². The van der Waals surface area contributed by atoms with E-state index in [1.807, 2.05) is 0 Å². The second-order valence-corrected chi connectivity index (χ2v) is 2.37. The van der Waals surface area contributed by atoms with Gasteiger partial charge < -0.3 is 18.9 Å². The monoisotopic (exact) mass is 192 g/mol. The fourth-order valence-corrected chi connectivity index (χ4v) is 0.913. The second kappa shape index (κ2) is 5.90. The van der Waals surface area contributed by atoms with Crippen LogP contribution in [0.3, 0.4) is 0 Å². The lowest BCUT2D eigenvalue weighted by Gasteiger charge is -2.28. The quantitative estimate of drug-likeness (QED) is 0.454. The van der Waals surface area contributed by atoms with Crippen LogP contribution >= 0.6 is 0 Å². The van der Waals surface area contributed by atoms with E-state index in [4.69, 9.17) is 14.2 Å². The SMILES string of the molecule is COC(=O)CCC(OC)(OC)OC. The summed E-state index contributed by atoms with van der Waals surface area (Å²) in [4.78, 5) is 10.8. The van der Waals surface area contributed by atoms with Gasteiger partial charge in [0.2, 0.25) is 0 Å². The third kappa shape index (κ3) is 3.71. The molecule has 0 aliphatic heterocycles. The van der Waals surface area contributed by atoms with E-state index in [1.165, 1.54) is 28.4 Å². The maximum absolute atomic E-state index is 10.8. The normalized spacial score (nSPS) is 11.4. The summed E-state index contributed by atoms with van der Waals surface area (Å²) in [5, 5.41) is 0. The summed E-state index contributed by atoms with van der Waals surface area (Å²) in [5.41, 5.74) is 0. The average molecular weight is 192 g/mol. The molecular formula is C8H16O5. The van der Waals surface area contributed by atoms with E-state index in [0.29, 0.717) is 6.42 Å². The molecule has 13 heavy (non-hydrogen) atoms. The minimum atomic E-state index is -1.14. The molecular weight excluding hydrogens is 176 g/mol. The molecule has 0 saturated carbocycles. The molecule has 0 N–H and O–H groups in total. The van der Waals surface area contributed by atoms with E-state index in [-0.39, 0.29) is 12.4 Å². The van der Waals surface area contributed by atoms with Gasteiger partial charge in [0.05, 0.1) is 13.5 Å². The number of hydrogen-bond donors (Lipinski definition) is 0. The third-order valence-electron chi connectivity index (χ3n) is 1.80.